The van der Waals surface area contributed by atoms with Gasteiger partial charge in [-0.15, -0.1) is 0 Å². The largest absolute Gasteiger partial charge is 0.744 e. The summed E-state index contributed by atoms with van der Waals surface area (Å²) in [5.74, 6) is -9.86. The minimum Gasteiger partial charge on any atom is -0.744 e. The third kappa shape index (κ3) is 15.4. The number of nitrogens with zero attached hydrogens (tertiary/aromatic N) is 2. The third-order valence-corrected chi connectivity index (χ3v) is 14.7. The highest BCUT2D eigenvalue weighted by atomic mass is 32.2. The van der Waals surface area contributed by atoms with Crippen molar-refractivity contribution in [3.05, 3.63) is 123 Å². The molecule has 0 saturated carbocycles. The van der Waals surface area contributed by atoms with Crippen LogP contribution < -0.4 is 42.5 Å². The number of fused-ring (bicyclic) bond motifs is 20. The molecule has 0 radical (unpaired) electrons. The smallest absolute Gasteiger partial charge is 0.255 e. The molecule has 12 N–H and O–H groups in total. The SMILES string of the molecule is O=C1NCCC2/C=C/C3CCNC(=O)c4cccc(c4O)C(=O)NCCN(CCNC(=O)c4cc(S(=O)(=O)[O-])cc(c4O)C(=O)NCC3)CCN(CCNC(=O)c3cccc1c3O)CCNC(=O)c1cccc(c1O)C(=O)NCC2. The first-order chi connectivity index (χ1) is 38.3. The molecule has 3 aliphatic rings. The van der Waals surface area contributed by atoms with Crippen LogP contribution in [0.1, 0.15) is 109 Å². The van der Waals surface area contributed by atoms with Crippen molar-refractivity contribution in [2.45, 2.75) is 30.6 Å². The molecule has 0 aromatic heterocycles. The van der Waals surface area contributed by atoms with Gasteiger partial charge in [0.15, 0.2) is 0 Å². The number of rotatable bonds is 1. The van der Waals surface area contributed by atoms with Gasteiger partial charge in [0.2, 0.25) is 0 Å². The summed E-state index contributed by atoms with van der Waals surface area (Å²) in [4.78, 5) is 112. The first kappa shape index (κ1) is 59.1. The Morgan fingerprint density at radius 2 is 0.588 bits per heavy atom. The Balaban J connectivity index is 1.33. The predicted molar refractivity (Wildman–Crippen MR) is 287 cm³/mol. The first-order valence-electron chi connectivity index (χ1n) is 26.0. The van der Waals surface area contributed by atoms with Crippen LogP contribution in [0.2, 0.25) is 0 Å². The van der Waals surface area contributed by atoms with Gasteiger partial charge in [-0.1, -0.05) is 30.4 Å². The van der Waals surface area contributed by atoms with Crippen LogP contribution in [0.15, 0.2) is 83.8 Å². The summed E-state index contributed by atoms with van der Waals surface area (Å²) < 4.78 is 37.2. The molecule has 80 heavy (non-hydrogen) atoms. The van der Waals surface area contributed by atoms with E-state index in [0.717, 1.165) is 0 Å². The Morgan fingerprint density at radius 1 is 0.362 bits per heavy atom. The molecule has 0 saturated heterocycles. The van der Waals surface area contributed by atoms with Crippen LogP contribution in [0, 0.1) is 11.8 Å². The molecule has 8 amide bonds. The molecule has 0 aliphatic carbocycles. The number of para-hydroxylation sites is 3. The second-order valence-electron chi connectivity index (χ2n) is 19.2. The highest BCUT2D eigenvalue weighted by Crippen LogP contribution is 2.29. The fourth-order valence-electron chi connectivity index (χ4n) is 9.33. The maximum atomic E-state index is 13.8. The van der Waals surface area contributed by atoms with Gasteiger partial charge in [-0.2, -0.15) is 0 Å². The van der Waals surface area contributed by atoms with Crippen molar-refractivity contribution in [2.75, 3.05) is 91.6 Å². The summed E-state index contributed by atoms with van der Waals surface area (Å²) in [7, 11) is -5.30. The van der Waals surface area contributed by atoms with Crippen molar-refractivity contribution >= 4 is 57.4 Å². The molecule has 3 heterocycles. The average Bonchev–Trinajstić information content (AvgIpc) is 3.41. The number of phenolic OH excluding ortho intramolecular Hbond substituents is 4. The van der Waals surface area contributed by atoms with Gasteiger partial charge in [0.25, 0.3) is 47.3 Å². The maximum Gasteiger partial charge on any atom is 0.255 e. The molecule has 0 fully saturated rings. The van der Waals surface area contributed by atoms with Crippen molar-refractivity contribution in [1.82, 2.24) is 52.3 Å². The Hall–Kier alpha value is -8.59. The van der Waals surface area contributed by atoms with E-state index < -0.39 is 108 Å². The molecule has 12 bridgehead atoms. The van der Waals surface area contributed by atoms with E-state index in [1.165, 1.54) is 54.6 Å². The van der Waals surface area contributed by atoms with E-state index >= 15 is 0 Å². The molecule has 426 valence electrons. The van der Waals surface area contributed by atoms with E-state index in [4.69, 9.17) is 0 Å². The molecule has 3 aliphatic heterocycles. The zero-order chi connectivity index (χ0) is 57.5. The number of amides is 8. The number of carbonyl (C=O) groups excluding carboxylic acids is 8. The lowest BCUT2D eigenvalue weighted by Crippen LogP contribution is -2.46. The maximum absolute atomic E-state index is 13.8. The summed E-state index contributed by atoms with van der Waals surface area (Å²) in [6.07, 6.45) is 4.24. The minimum absolute atomic E-state index is 0.000226. The van der Waals surface area contributed by atoms with Gasteiger partial charge in [-0.05, 0) is 86.1 Å². The van der Waals surface area contributed by atoms with Gasteiger partial charge in [0.1, 0.15) is 33.1 Å². The standard InChI is InChI=1S/C54H64N10O15S/c65-43-35-4-1-7-38(43)50(72)59-20-24-63-25-21-60-51(73)39-8-2-5-36(44(39)66)48(70)56-17-13-32(12-16-55-47(35)69)10-11-33-14-18-57-49(71)37-6-3-9-40(45(37)67)52(74)61-22-26-64(29-28-63)27-23-62-54(76)42-31-34(80(77,78)79)30-41(46(42)68)53(75)58-19-15-33/h1-11,30-33,65-68H,12-29H2,(H,55,69)(H,56,70)(H,57,71)(H,58,75)(H,59,72)(H,60,73)(H,61,74)(H,62,76)(H,77,78,79)/p-1/b11-10+. The van der Waals surface area contributed by atoms with Crippen LogP contribution >= 0.6 is 0 Å². The zero-order valence-electron chi connectivity index (χ0n) is 43.5. The fraction of sp³-hybridized carbons (Fsp3) is 0.370. The van der Waals surface area contributed by atoms with Crippen molar-refractivity contribution < 1.29 is 71.8 Å². The normalized spacial score (nSPS) is 21.8. The lowest BCUT2D eigenvalue weighted by molar-refractivity contribution is 0.0914. The fourth-order valence-corrected chi connectivity index (χ4v) is 9.85. The summed E-state index contributed by atoms with van der Waals surface area (Å²) in [6.45, 7) is 0.0281. The molecule has 0 spiro atoms. The average molecular weight is 1120 g/mol. The zero-order valence-corrected chi connectivity index (χ0v) is 44.3. The summed E-state index contributed by atoms with van der Waals surface area (Å²) in [5, 5.41) is 66.9. The predicted octanol–water partition coefficient (Wildman–Crippen LogP) is 0.346. The number of aromatic hydroxyl groups is 4. The van der Waals surface area contributed by atoms with Gasteiger partial charge in [0, 0.05) is 91.6 Å². The number of benzene rings is 4. The molecule has 2 atom stereocenters. The van der Waals surface area contributed by atoms with E-state index in [9.17, 15) is 71.8 Å². The second kappa shape index (κ2) is 27.3. The van der Waals surface area contributed by atoms with Crippen molar-refractivity contribution in [2.24, 2.45) is 11.8 Å². The van der Waals surface area contributed by atoms with Gasteiger partial charge in [-0.3, -0.25) is 48.2 Å². The number of nitrogens with one attached hydrogen (secondary N) is 8. The van der Waals surface area contributed by atoms with Crippen LogP contribution in [0.3, 0.4) is 0 Å². The Kier molecular flexibility index (Phi) is 20.2. The molecule has 4 aromatic rings. The highest BCUT2D eigenvalue weighted by Gasteiger charge is 2.26. The molecular weight excluding hydrogens is 1060 g/mol. The van der Waals surface area contributed by atoms with Crippen molar-refractivity contribution in [3.63, 3.8) is 0 Å². The Morgan fingerprint density at radius 3 is 0.838 bits per heavy atom. The number of hydrogen-bond donors (Lipinski definition) is 12. The molecule has 25 nitrogen and oxygen atoms in total. The third-order valence-electron chi connectivity index (χ3n) is 13.9. The van der Waals surface area contributed by atoms with Gasteiger partial charge < -0.3 is 67.5 Å². The highest BCUT2D eigenvalue weighted by molar-refractivity contribution is 7.85. The number of hydrogen-bond acceptors (Lipinski definition) is 17. The first-order valence-corrected chi connectivity index (χ1v) is 27.4. The van der Waals surface area contributed by atoms with E-state index in [1.54, 1.807) is 17.1 Å². The summed E-state index contributed by atoms with van der Waals surface area (Å²) >= 11 is 0. The van der Waals surface area contributed by atoms with Crippen LogP contribution in [-0.2, 0) is 10.1 Å². The second-order valence-corrected chi connectivity index (χ2v) is 20.6. The van der Waals surface area contributed by atoms with Crippen molar-refractivity contribution in [3.8, 4) is 23.0 Å². The molecule has 2 unspecified atom stereocenters. The van der Waals surface area contributed by atoms with E-state index in [-0.39, 0.29) is 151 Å². The summed E-state index contributed by atoms with van der Waals surface area (Å²) in [6, 6.07) is 13.8. The van der Waals surface area contributed by atoms with Crippen LogP contribution in [0.5, 0.6) is 23.0 Å². The topological polar surface area (TPSA) is 377 Å². The molecule has 4 aromatic carbocycles. The molecular formula is C54H63N10O15S-. The number of phenols is 4. The van der Waals surface area contributed by atoms with E-state index in [0.29, 0.717) is 12.1 Å². The Labute approximate surface area is 460 Å². The van der Waals surface area contributed by atoms with Crippen LogP contribution in [-0.4, -0.2) is 182 Å². The number of allylic oxidation sites excluding steroid dienone is 2. The number of carbonyl (C=O) groups is 8. The lowest BCUT2D eigenvalue weighted by Gasteiger charge is -2.28. The summed E-state index contributed by atoms with van der Waals surface area (Å²) in [5.41, 5.74) is -2.46. The van der Waals surface area contributed by atoms with Crippen molar-refractivity contribution in [1.29, 1.82) is 0 Å². The molecule has 7 rings (SSSR count). The van der Waals surface area contributed by atoms with E-state index in [2.05, 4.69) is 42.5 Å². The van der Waals surface area contributed by atoms with Crippen LogP contribution in [0.25, 0.3) is 0 Å². The van der Waals surface area contributed by atoms with Gasteiger partial charge >= 0.3 is 0 Å². The lowest BCUT2D eigenvalue weighted by atomic mass is 9.94. The quantitative estimate of drug-likeness (QED) is 0.0903. The van der Waals surface area contributed by atoms with Gasteiger partial charge in [0.05, 0.1) is 49.4 Å². The van der Waals surface area contributed by atoms with Gasteiger partial charge in [-0.25, -0.2) is 8.42 Å². The van der Waals surface area contributed by atoms with E-state index in [1.807, 2.05) is 4.90 Å². The molecule has 26 heteroatoms. The monoisotopic (exact) mass is 1120 g/mol. The minimum atomic E-state index is -5.30. The van der Waals surface area contributed by atoms with Crippen LogP contribution in [0.4, 0.5) is 0 Å². The Bertz CT molecular complexity index is 3080.